The van der Waals surface area contributed by atoms with E-state index in [9.17, 15) is 0 Å². The maximum absolute atomic E-state index is 6.20. The fraction of sp³-hybridized carbons (Fsp3) is 0.538. The molecule has 0 bridgehead atoms. The number of hydrogen-bond donors (Lipinski definition) is 0. The van der Waals surface area contributed by atoms with Crippen LogP contribution in [-0.2, 0) is 11.3 Å². The fourth-order valence-corrected chi connectivity index (χ4v) is 3.39. The lowest BCUT2D eigenvalue weighted by Gasteiger charge is -2.36. The molecule has 3 heterocycles. The van der Waals surface area contributed by atoms with Gasteiger partial charge in [0.15, 0.2) is 0 Å². The molecule has 1 aliphatic rings. The third-order valence-electron chi connectivity index (χ3n) is 3.41. The topological polar surface area (TPSA) is 38.2 Å². The van der Waals surface area contributed by atoms with Crippen LogP contribution in [0.4, 0.5) is 0 Å². The first-order valence-corrected chi connectivity index (χ1v) is 7.64. The van der Waals surface area contributed by atoms with Gasteiger partial charge in [-0.05, 0) is 25.3 Å². The second-order valence-electron chi connectivity index (χ2n) is 4.99. The Hall–Kier alpha value is -0.750. The van der Waals surface area contributed by atoms with Gasteiger partial charge in [-0.1, -0.05) is 11.6 Å². The monoisotopic (exact) mass is 297 g/mol. The standard InChI is InChI=1S/C13H16ClN3OS/c1-8-7-18-9(2)5-17(8)6-11-15-12(14)10-3-4-19-13(10)16-11/h3-4,8-9H,5-7H2,1-2H3. The predicted octanol–water partition coefficient (Wildman–Crippen LogP) is 2.95. The molecule has 3 rings (SSSR count). The van der Waals surface area contributed by atoms with E-state index in [0.717, 1.165) is 35.7 Å². The molecule has 1 aliphatic heterocycles. The van der Waals surface area contributed by atoms with Crippen molar-refractivity contribution in [2.75, 3.05) is 13.2 Å². The van der Waals surface area contributed by atoms with Crippen molar-refractivity contribution in [1.29, 1.82) is 0 Å². The molecular weight excluding hydrogens is 282 g/mol. The molecule has 0 saturated carbocycles. The molecule has 0 amide bonds. The second-order valence-corrected chi connectivity index (χ2v) is 6.25. The molecular formula is C13H16ClN3OS. The van der Waals surface area contributed by atoms with E-state index in [0.29, 0.717) is 11.2 Å². The first kappa shape index (κ1) is 13.2. The highest BCUT2D eigenvalue weighted by Crippen LogP contribution is 2.25. The summed E-state index contributed by atoms with van der Waals surface area (Å²) in [4.78, 5) is 12.3. The van der Waals surface area contributed by atoms with Crippen LogP contribution in [0.25, 0.3) is 10.2 Å². The van der Waals surface area contributed by atoms with Gasteiger partial charge in [-0.3, -0.25) is 4.90 Å². The molecule has 0 aromatic carbocycles. The van der Waals surface area contributed by atoms with E-state index in [1.165, 1.54) is 0 Å². The first-order valence-electron chi connectivity index (χ1n) is 6.39. The highest BCUT2D eigenvalue weighted by molar-refractivity contribution is 7.16. The van der Waals surface area contributed by atoms with E-state index in [4.69, 9.17) is 16.3 Å². The van der Waals surface area contributed by atoms with Crippen molar-refractivity contribution in [3.8, 4) is 0 Å². The van der Waals surface area contributed by atoms with Gasteiger partial charge < -0.3 is 4.74 Å². The molecule has 4 nitrogen and oxygen atoms in total. The number of morpholine rings is 1. The molecule has 19 heavy (non-hydrogen) atoms. The minimum Gasteiger partial charge on any atom is -0.376 e. The highest BCUT2D eigenvalue weighted by atomic mass is 35.5. The van der Waals surface area contributed by atoms with Crippen molar-refractivity contribution in [2.24, 2.45) is 0 Å². The minimum atomic E-state index is 0.261. The van der Waals surface area contributed by atoms with Crippen LogP contribution in [0, 0.1) is 0 Å². The molecule has 2 unspecified atom stereocenters. The Morgan fingerprint density at radius 2 is 2.32 bits per heavy atom. The summed E-state index contributed by atoms with van der Waals surface area (Å²) in [6.07, 6.45) is 0.261. The lowest BCUT2D eigenvalue weighted by molar-refractivity contribution is -0.0534. The summed E-state index contributed by atoms with van der Waals surface area (Å²) in [5, 5.41) is 3.49. The van der Waals surface area contributed by atoms with Crippen molar-refractivity contribution in [3.05, 3.63) is 22.4 Å². The smallest absolute Gasteiger partial charge is 0.145 e. The number of thiophene rings is 1. The summed E-state index contributed by atoms with van der Waals surface area (Å²) in [5.74, 6) is 0.793. The van der Waals surface area contributed by atoms with Gasteiger partial charge in [0.1, 0.15) is 15.8 Å². The van der Waals surface area contributed by atoms with Gasteiger partial charge in [0.05, 0.1) is 19.3 Å². The number of hydrogen-bond acceptors (Lipinski definition) is 5. The molecule has 0 N–H and O–H groups in total. The van der Waals surface area contributed by atoms with Crippen LogP contribution in [0.5, 0.6) is 0 Å². The maximum atomic E-state index is 6.20. The van der Waals surface area contributed by atoms with Crippen LogP contribution >= 0.6 is 22.9 Å². The van der Waals surface area contributed by atoms with Crippen molar-refractivity contribution in [1.82, 2.24) is 14.9 Å². The number of nitrogens with zero attached hydrogens (tertiary/aromatic N) is 3. The third kappa shape index (κ3) is 2.74. The van der Waals surface area contributed by atoms with Crippen molar-refractivity contribution in [2.45, 2.75) is 32.5 Å². The molecule has 0 spiro atoms. The zero-order chi connectivity index (χ0) is 13.4. The van der Waals surface area contributed by atoms with Crippen LogP contribution in [0.2, 0.25) is 5.15 Å². The maximum Gasteiger partial charge on any atom is 0.145 e. The van der Waals surface area contributed by atoms with Gasteiger partial charge in [-0.2, -0.15) is 0 Å². The summed E-state index contributed by atoms with van der Waals surface area (Å²) in [5.41, 5.74) is 0. The van der Waals surface area contributed by atoms with E-state index in [2.05, 4.69) is 28.7 Å². The van der Waals surface area contributed by atoms with E-state index in [1.54, 1.807) is 11.3 Å². The Balaban J connectivity index is 1.84. The number of aromatic nitrogens is 2. The van der Waals surface area contributed by atoms with Gasteiger partial charge in [-0.25, -0.2) is 9.97 Å². The van der Waals surface area contributed by atoms with Crippen LogP contribution in [0.3, 0.4) is 0 Å². The van der Waals surface area contributed by atoms with Crippen molar-refractivity contribution < 1.29 is 4.74 Å². The highest BCUT2D eigenvalue weighted by Gasteiger charge is 2.24. The number of fused-ring (bicyclic) bond motifs is 1. The lowest BCUT2D eigenvalue weighted by Crippen LogP contribution is -2.46. The Bertz CT molecular complexity index is 588. The molecule has 102 valence electrons. The van der Waals surface area contributed by atoms with Gasteiger partial charge in [-0.15, -0.1) is 11.3 Å². The van der Waals surface area contributed by atoms with E-state index >= 15 is 0 Å². The van der Waals surface area contributed by atoms with Crippen LogP contribution < -0.4 is 0 Å². The summed E-state index contributed by atoms with van der Waals surface area (Å²) >= 11 is 7.80. The van der Waals surface area contributed by atoms with Crippen LogP contribution in [-0.4, -0.2) is 40.2 Å². The fourth-order valence-electron chi connectivity index (χ4n) is 2.31. The Kier molecular flexibility index (Phi) is 3.71. The van der Waals surface area contributed by atoms with Crippen molar-refractivity contribution in [3.63, 3.8) is 0 Å². The second kappa shape index (κ2) is 5.32. The number of halogens is 1. The molecule has 0 aliphatic carbocycles. The zero-order valence-electron chi connectivity index (χ0n) is 11.0. The molecule has 6 heteroatoms. The Labute approximate surface area is 121 Å². The summed E-state index contributed by atoms with van der Waals surface area (Å²) in [6.45, 7) is 6.65. The predicted molar refractivity (Wildman–Crippen MR) is 77.7 cm³/mol. The van der Waals surface area contributed by atoms with Gasteiger partial charge >= 0.3 is 0 Å². The van der Waals surface area contributed by atoms with E-state index in [1.807, 2.05) is 11.4 Å². The number of rotatable bonds is 2. The summed E-state index contributed by atoms with van der Waals surface area (Å²) in [7, 11) is 0. The SMILES string of the molecule is CC1CN(Cc2nc(Cl)c3ccsc3n2)C(C)CO1. The van der Waals surface area contributed by atoms with Crippen LogP contribution in [0.15, 0.2) is 11.4 Å². The molecule has 2 atom stereocenters. The molecule has 1 fully saturated rings. The molecule has 2 aromatic heterocycles. The normalized spacial score (nSPS) is 25.0. The average Bonchev–Trinajstić information content (AvgIpc) is 2.82. The van der Waals surface area contributed by atoms with Gasteiger partial charge in [0, 0.05) is 18.0 Å². The van der Waals surface area contributed by atoms with Gasteiger partial charge in [0.2, 0.25) is 0 Å². The summed E-state index contributed by atoms with van der Waals surface area (Å²) in [6, 6.07) is 2.35. The summed E-state index contributed by atoms with van der Waals surface area (Å²) < 4.78 is 5.63. The zero-order valence-corrected chi connectivity index (χ0v) is 12.5. The molecule has 1 saturated heterocycles. The third-order valence-corrected chi connectivity index (χ3v) is 4.50. The minimum absolute atomic E-state index is 0.261. The average molecular weight is 298 g/mol. The first-order chi connectivity index (χ1) is 9.13. The van der Waals surface area contributed by atoms with E-state index < -0.39 is 0 Å². The lowest BCUT2D eigenvalue weighted by atomic mass is 10.2. The molecule has 0 radical (unpaired) electrons. The van der Waals surface area contributed by atoms with Crippen molar-refractivity contribution >= 4 is 33.2 Å². The Morgan fingerprint density at radius 1 is 1.47 bits per heavy atom. The number of ether oxygens (including phenoxy) is 1. The quantitative estimate of drug-likeness (QED) is 0.799. The van der Waals surface area contributed by atoms with E-state index in [-0.39, 0.29) is 6.10 Å². The largest absolute Gasteiger partial charge is 0.376 e. The Morgan fingerprint density at radius 3 is 3.16 bits per heavy atom. The van der Waals surface area contributed by atoms with Crippen LogP contribution in [0.1, 0.15) is 19.7 Å². The van der Waals surface area contributed by atoms with Gasteiger partial charge in [0.25, 0.3) is 0 Å². The molecule has 2 aromatic rings.